The Morgan fingerprint density at radius 3 is 3.06 bits per heavy atom. The van der Waals surface area contributed by atoms with Gasteiger partial charge in [0.25, 0.3) is 0 Å². The molecule has 0 radical (unpaired) electrons. The lowest BCUT2D eigenvalue weighted by molar-refractivity contribution is -0.141. The zero-order valence-corrected chi connectivity index (χ0v) is 9.63. The number of halogens is 1. The maximum atomic E-state index is 13.1. The average molecular weight is 235 g/mol. The molecule has 1 aromatic carbocycles. The second-order valence-electron chi connectivity index (χ2n) is 3.95. The molecule has 2 rings (SSSR count). The van der Waals surface area contributed by atoms with Crippen molar-refractivity contribution in [1.29, 1.82) is 0 Å². The van der Waals surface area contributed by atoms with E-state index >= 15 is 0 Å². The fourth-order valence-electron chi connectivity index (χ4n) is 1.84. The summed E-state index contributed by atoms with van der Waals surface area (Å²) in [7, 11) is 0. The summed E-state index contributed by atoms with van der Waals surface area (Å²) < 4.78 is 18.0. The lowest BCUT2D eigenvalue weighted by Crippen LogP contribution is -2.01. The Balaban J connectivity index is 2.03. The smallest absolute Gasteiger partial charge is 0.302 e. The van der Waals surface area contributed by atoms with E-state index in [4.69, 9.17) is 4.74 Å². The number of fused-ring (bicyclic) bond motifs is 1. The topological polar surface area (TPSA) is 42.1 Å². The van der Waals surface area contributed by atoms with E-state index in [0.717, 1.165) is 29.3 Å². The summed E-state index contributed by atoms with van der Waals surface area (Å²) in [5.41, 5.74) is 1.97. The molecule has 90 valence electrons. The molecule has 1 N–H and O–H groups in total. The molecule has 0 aliphatic carbocycles. The summed E-state index contributed by atoms with van der Waals surface area (Å²) in [6.45, 7) is 1.79. The molecule has 17 heavy (non-hydrogen) atoms. The van der Waals surface area contributed by atoms with E-state index in [9.17, 15) is 9.18 Å². The normalized spacial score (nSPS) is 10.7. The monoisotopic (exact) mass is 235 g/mol. The Hall–Kier alpha value is -1.84. The zero-order valence-electron chi connectivity index (χ0n) is 9.63. The molecule has 0 saturated carbocycles. The van der Waals surface area contributed by atoms with Gasteiger partial charge >= 0.3 is 5.97 Å². The molecule has 3 nitrogen and oxygen atoms in total. The van der Waals surface area contributed by atoms with Crippen molar-refractivity contribution in [1.82, 2.24) is 4.98 Å². The van der Waals surface area contributed by atoms with Crippen LogP contribution in [0, 0.1) is 5.82 Å². The van der Waals surface area contributed by atoms with Crippen molar-refractivity contribution in [3.63, 3.8) is 0 Å². The van der Waals surface area contributed by atoms with E-state index in [1.807, 2.05) is 6.20 Å². The van der Waals surface area contributed by atoms with Crippen molar-refractivity contribution >= 4 is 16.9 Å². The van der Waals surface area contributed by atoms with Gasteiger partial charge in [-0.25, -0.2) is 4.39 Å². The van der Waals surface area contributed by atoms with Crippen molar-refractivity contribution in [2.75, 3.05) is 6.61 Å². The number of esters is 1. The van der Waals surface area contributed by atoms with Crippen LogP contribution in [0.15, 0.2) is 24.4 Å². The number of benzene rings is 1. The van der Waals surface area contributed by atoms with E-state index in [0.29, 0.717) is 6.61 Å². The fraction of sp³-hybridized carbons (Fsp3) is 0.308. The van der Waals surface area contributed by atoms with Gasteiger partial charge in [0.2, 0.25) is 0 Å². The number of hydrogen-bond acceptors (Lipinski definition) is 2. The summed E-state index contributed by atoms with van der Waals surface area (Å²) in [6.07, 6.45) is 3.37. The quantitative estimate of drug-likeness (QED) is 0.654. The lowest BCUT2D eigenvalue weighted by atomic mass is 10.1. The molecule has 0 fully saturated rings. The number of aromatic nitrogens is 1. The van der Waals surface area contributed by atoms with Gasteiger partial charge in [0.15, 0.2) is 0 Å². The Bertz CT molecular complexity index is 533. The van der Waals surface area contributed by atoms with Gasteiger partial charge < -0.3 is 9.72 Å². The third-order valence-electron chi connectivity index (χ3n) is 2.63. The minimum absolute atomic E-state index is 0.238. The van der Waals surface area contributed by atoms with Crippen molar-refractivity contribution in [2.45, 2.75) is 19.8 Å². The molecule has 4 heteroatoms. The van der Waals surface area contributed by atoms with Crippen LogP contribution < -0.4 is 0 Å². The molecule has 1 heterocycles. The molecule has 1 aromatic heterocycles. The summed E-state index contributed by atoms with van der Waals surface area (Å²) in [4.78, 5) is 13.7. The SMILES string of the molecule is CC(=O)OCCCc1c[nH]c2ccc(F)cc12. The van der Waals surface area contributed by atoms with Gasteiger partial charge in [-0.15, -0.1) is 0 Å². The van der Waals surface area contributed by atoms with Crippen LogP contribution in [0.2, 0.25) is 0 Å². The summed E-state index contributed by atoms with van der Waals surface area (Å²) in [6, 6.07) is 4.68. The van der Waals surface area contributed by atoms with Crippen LogP contribution >= 0.6 is 0 Å². The standard InChI is InChI=1S/C13H14FNO2/c1-9(16)17-6-2-3-10-8-15-13-5-4-11(14)7-12(10)13/h4-5,7-8,15H,2-3,6H2,1H3. The van der Waals surface area contributed by atoms with E-state index in [1.54, 1.807) is 6.07 Å². The van der Waals surface area contributed by atoms with Crippen molar-refractivity contribution in [2.24, 2.45) is 0 Å². The molecule has 0 bridgehead atoms. The second kappa shape index (κ2) is 4.99. The summed E-state index contributed by atoms with van der Waals surface area (Å²) in [5, 5.41) is 0.896. The number of carbonyl (C=O) groups excluding carboxylic acids is 1. The first-order chi connectivity index (χ1) is 8.16. The van der Waals surface area contributed by atoms with Gasteiger partial charge in [0, 0.05) is 24.0 Å². The van der Waals surface area contributed by atoms with Gasteiger partial charge in [-0.2, -0.15) is 0 Å². The first kappa shape index (κ1) is 11.6. The van der Waals surface area contributed by atoms with Gasteiger partial charge in [-0.1, -0.05) is 0 Å². The highest BCUT2D eigenvalue weighted by Gasteiger charge is 2.04. The predicted octanol–water partition coefficient (Wildman–Crippen LogP) is 2.80. The molecule has 2 aromatic rings. The molecule has 0 spiro atoms. The number of carbonyl (C=O) groups is 1. The Labute approximate surface area is 98.6 Å². The van der Waals surface area contributed by atoms with E-state index in [1.165, 1.54) is 19.1 Å². The third kappa shape index (κ3) is 2.84. The highest BCUT2D eigenvalue weighted by Crippen LogP contribution is 2.20. The molecular weight excluding hydrogens is 221 g/mol. The second-order valence-corrected chi connectivity index (χ2v) is 3.95. The number of aryl methyl sites for hydroxylation is 1. The fourth-order valence-corrected chi connectivity index (χ4v) is 1.84. The Morgan fingerprint density at radius 2 is 2.29 bits per heavy atom. The molecule has 0 atom stereocenters. The summed E-state index contributed by atoms with van der Waals surface area (Å²) in [5.74, 6) is -0.506. The van der Waals surface area contributed by atoms with Crippen LogP contribution in [-0.2, 0) is 16.0 Å². The number of ether oxygens (including phenoxy) is 1. The first-order valence-corrected chi connectivity index (χ1v) is 5.55. The number of hydrogen-bond donors (Lipinski definition) is 1. The average Bonchev–Trinajstić information content (AvgIpc) is 2.67. The maximum absolute atomic E-state index is 13.1. The first-order valence-electron chi connectivity index (χ1n) is 5.55. The Kier molecular flexibility index (Phi) is 3.42. The lowest BCUT2D eigenvalue weighted by Gasteiger charge is -2.01. The number of H-pyrrole nitrogens is 1. The van der Waals surface area contributed by atoms with Crippen LogP contribution in [0.3, 0.4) is 0 Å². The zero-order chi connectivity index (χ0) is 12.3. The van der Waals surface area contributed by atoms with E-state index in [-0.39, 0.29) is 11.8 Å². The molecule has 0 aliphatic rings. The molecule has 0 unspecified atom stereocenters. The highest BCUT2D eigenvalue weighted by atomic mass is 19.1. The van der Waals surface area contributed by atoms with Crippen LogP contribution in [0.25, 0.3) is 10.9 Å². The van der Waals surface area contributed by atoms with Gasteiger partial charge in [0.05, 0.1) is 6.61 Å². The van der Waals surface area contributed by atoms with Crippen molar-refractivity contribution in [3.05, 3.63) is 35.8 Å². The highest BCUT2D eigenvalue weighted by molar-refractivity contribution is 5.83. The van der Waals surface area contributed by atoms with Crippen LogP contribution in [0.1, 0.15) is 18.9 Å². The molecule has 0 saturated heterocycles. The minimum atomic E-state index is -0.269. The molecule has 0 aliphatic heterocycles. The van der Waals surface area contributed by atoms with Gasteiger partial charge in [-0.3, -0.25) is 4.79 Å². The molecule has 0 amide bonds. The number of nitrogens with one attached hydrogen (secondary N) is 1. The summed E-state index contributed by atoms with van der Waals surface area (Å²) >= 11 is 0. The van der Waals surface area contributed by atoms with E-state index < -0.39 is 0 Å². The minimum Gasteiger partial charge on any atom is -0.466 e. The number of aromatic amines is 1. The van der Waals surface area contributed by atoms with Crippen LogP contribution in [0.5, 0.6) is 0 Å². The Morgan fingerprint density at radius 1 is 1.47 bits per heavy atom. The van der Waals surface area contributed by atoms with Crippen molar-refractivity contribution < 1.29 is 13.9 Å². The molecular formula is C13H14FNO2. The van der Waals surface area contributed by atoms with Crippen LogP contribution in [-0.4, -0.2) is 17.6 Å². The maximum Gasteiger partial charge on any atom is 0.302 e. The third-order valence-corrected chi connectivity index (χ3v) is 2.63. The number of rotatable bonds is 4. The largest absolute Gasteiger partial charge is 0.466 e. The van der Waals surface area contributed by atoms with E-state index in [2.05, 4.69) is 4.98 Å². The predicted molar refractivity (Wildman–Crippen MR) is 63.2 cm³/mol. The van der Waals surface area contributed by atoms with Crippen molar-refractivity contribution in [3.8, 4) is 0 Å². The van der Waals surface area contributed by atoms with Gasteiger partial charge in [-0.05, 0) is 36.6 Å². The van der Waals surface area contributed by atoms with Crippen LogP contribution in [0.4, 0.5) is 4.39 Å². The van der Waals surface area contributed by atoms with Gasteiger partial charge in [0.1, 0.15) is 5.82 Å².